The molecule has 1 heterocycles. The average Bonchev–Trinajstić information content (AvgIpc) is 2.29. The van der Waals surface area contributed by atoms with Crippen LogP contribution in [0.2, 0.25) is 0 Å². The van der Waals surface area contributed by atoms with Crippen LogP contribution in [0.4, 0.5) is 0 Å². The SMILES string of the molecule is CCC1(COc2ccccc2CN)COC1. The number of hydrogen-bond donors (Lipinski definition) is 1. The summed E-state index contributed by atoms with van der Waals surface area (Å²) < 4.78 is 11.1. The summed E-state index contributed by atoms with van der Waals surface area (Å²) in [4.78, 5) is 0. The van der Waals surface area contributed by atoms with Gasteiger partial charge in [-0.1, -0.05) is 25.1 Å². The van der Waals surface area contributed by atoms with E-state index in [1.165, 1.54) is 0 Å². The van der Waals surface area contributed by atoms with Gasteiger partial charge in [-0.05, 0) is 12.5 Å². The first-order valence-electron chi connectivity index (χ1n) is 5.78. The van der Waals surface area contributed by atoms with E-state index in [-0.39, 0.29) is 5.41 Å². The highest BCUT2D eigenvalue weighted by molar-refractivity contribution is 5.33. The molecule has 1 aliphatic heterocycles. The Hall–Kier alpha value is -1.06. The first kappa shape index (κ1) is 11.4. The van der Waals surface area contributed by atoms with Crippen molar-refractivity contribution < 1.29 is 9.47 Å². The molecule has 0 atom stereocenters. The molecule has 0 aliphatic carbocycles. The minimum Gasteiger partial charge on any atom is -0.492 e. The molecule has 0 radical (unpaired) electrons. The van der Waals surface area contributed by atoms with E-state index in [9.17, 15) is 0 Å². The molecule has 16 heavy (non-hydrogen) atoms. The Morgan fingerprint density at radius 2 is 2.12 bits per heavy atom. The Morgan fingerprint density at radius 3 is 2.69 bits per heavy atom. The van der Waals surface area contributed by atoms with E-state index < -0.39 is 0 Å². The Balaban J connectivity index is 1.98. The van der Waals surface area contributed by atoms with E-state index >= 15 is 0 Å². The highest BCUT2D eigenvalue weighted by atomic mass is 16.5. The van der Waals surface area contributed by atoms with Crippen molar-refractivity contribution in [3.05, 3.63) is 29.8 Å². The van der Waals surface area contributed by atoms with E-state index in [0.717, 1.165) is 37.6 Å². The van der Waals surface area contributed by atoms with Crippen LogP contribution in [0, 0.1) is 5.41 Å². The highest BCUT2D eigenvalue weighted by Crippen LogP contribution is 2.32. The zero-order chi connectivity index (χ0) is 11.4. The van der Waals surface area contributed by atoms with Gasteiger partial charge in [0.2, 0.25) is 0 Å². The lowest BCUT2D eigenvalue weighted by atomic mass is 9.84. The van der Waals surface area contributed by atoms with Gasteiger partial charge in [0.25, 0.3) is 0 Å². The molecular formula is C13H19NO2. The van der Waals surface area contributed by atoms with Gasteiger partial charge in [-0.15, -0.1) is 0 Å². The molecule has 0 aromatic heterocycles. The summed E-state index contributed by atoms with van der Waals surface area (Å²) in [5.74, 6) is 0.907. The number of hydrogen-bond acceptors (Lipinski definition) is 3. The quantitative estimate of drug-likeness (QED) is 0.826. The lowest BCUT2D eigenvalue weighted by molar-refractivity contribution is -0.133. The van der Waals surface area contributed by atoms with E-state index in [1.54, 1.807) is 0 Å². The highest BCUT2D eigenvalue weighted by Gasteiger charge is 2.37. The maximum Gasteiger partial charge on any atom is 0.123 e. The number of nitrogens with two attached hydrogens (primary N) is 1. The Morgan fingerprint density at radius 1 is 1.38 bits per heavy atom. The van der Waals surface area contributed by atoms with Crippen LogP contribution in [0.15, 0.2) is 24.3 Å². The molecule has 0 amide bonds. The second kappa shape index (κ2) is 4.85. The van der Waals surface area contributed by atoms with Crippen LogP contribution in [0.25, 0.3) is 0 Å². The molecule has 3 heteroatoms. The van der Waals surface area contributed by atoms with Crippen molar-refractivity contribution in [2.45, 2.75) is 19.9 Å². The second-order valence-electron chi connectivity index (χ2n) is 4.45. The summed E-state index contributed by atoms with van der Waals surface area (Å²) in [7, 11) is 0. The molecule has 1 fully saturated rings. The first-order chi connectivity index (χ1) is 7.79. The van der Waals surface area contributed by atoms with Crippen LogP contribution in [-0.2, 0) is 11.3 Å². The number of para-hydroxylation sites is 1. The fourth-order valence-electron chi connectivity index (χ4n) is 1.82. The molecule has 0 bridgehead atoms. The summed E-state index contributed by atoms with van der Waals surface area (Å²) in [5.41, 5.74) is 6.95. The minimum atomic E-state index is 0.224. The van der Waals surface area contributed by atoms with Gasteiger partial charge >= 0.3 is 0 Å². The molecule has 2 N–H and O–H groups in total. The molecule has 0 spiro atoms. The van der Waals surface area contributed by atoms with E-state index in [0.29, 0.717) is 6.54 Å². The number of benzene rings is 1. The van der Waals surface area contributed by atoms with Gasteiger partial charge in [0.1, 0.15) is 5.75 Å². The second-order valence-corrected chi connectivity index (χ2v) is 4.45. The summed E-state index contributed by atoms with van der Waals surface area (Å²) in [6.07, 6.45) is 1.10. The van der Waals surface area contributed by atoms with Gasteiger partial charge in [-0.3, -0.25) is 0 Å². The van der Waals surface area contributed by atoms with Crippen molar-refractivity contribution in [2.75, 3.05) is 19.8 Å². The molecule has 0 unspecified atom stereocenters. The Kier molecular flexibility index (Phi) is 3.46. The predicted octanol–water partition coefficient (Wildman–Crippen LogP) is 1.95. The molecule has 88 valence electrons. The van der Waals surface area contributed by atoms with Crippen molar-refractivity contribution in [1.29, 1.82) is 0 Å². The van der Waals surface area contributed by atoms with Crippen LogP contribution in [0.3, 0.4) is 0 Å². The third-order valence-electron chi connectivity index (χ3n) is 3.29. The van der Waals surface area contributed by atoms with Gasteiger partial charge in [-0.25, -0.2) is 0 Å². The van der Waals surface area contributed by atoms with E-state index in [4.69, 9.17) is 15.2 Å². The summed E-state index contributed by atoms with van der Waals surface area (Å²) in [6.45, 7) is 5.05. The van der Waals surface area contributed by atoms with Crippen LogP contribution in [0.5, 0.6) is 5.75 Å². The van der Waals surface area contributed by atoms with Gasteiger partial charge in [0.15, 0.2) is 0 Å². The van der Waals surface area contributed by atoms with Crippen molar-refractivity contribution in [2.24, 2.45) is 11.1 Å². The number of rotatable bonds is 5. The third kappa shape index (κ3) is 2.20. The van der Waals surface area contributed by atoms with Gasteiger partial charge < -0.3 is 15.2 Å². The van der Waals surface area contributed by atoms with Crippen molar-refractivity contribution in [3.8, 4) is 5.75 Å². The first-order valence-corrected chi connectivity index (χ1v) is 5.78. The fraction of sp³-hybridized carbons (Fsp3) is 0.538. The molecule has 2 rings (SSSR count). The zero-order valence-corrected chi connectivity index (χ0v) is 9.74. The summed E-state index contributed by atoms with van der Waals surface area (Å²) in [5, 5.41) is 0. The van der Waals surface area contributed by atoms with Gasteiger partial charge in [0.05, 0.1) is 25.2 Å². The van der Waals surface area contributed by atoms with Gasteiger partial charge in [-0.2, -0.15) is 0 Å². The normalized spacial score (nSPS) is 17.9. The van der Waals surface area contributed by atoms with Crippen molar-refractivity contribution >= 4 is 0 Å². The van der Waals surface area contributed by atoms with Crippen molar-refractivity contribution in [3.63, 3.8) is 0 Å². The topological polar surface area (TPSA) is 44.5 Å². The smallest absolute Gasteiger partial charge is 0.123 e. The third-order valence-corrected chi connectivity index (χ3v) is 3.29. The monoisotopic (exact) mass is 221 g/mol. The fourth-order valence-corrected chi connectivity index (χ4v) is 1.82. The number of ether oxygens (including phenoxy) is 2. The van der Waals surface area contributed by atoms with Crippen LogP contribution in [0.1, 0.15) is 18.9 Å². The molecular weight excluding hydrogens is 202 g/mol. The zero-order valence-electron chi connectivity index (χ0n) is 9.74. The molecule has 1 aromatic carbocycles. The Labute approximate surface area is 96.5 Å². The molecule has 1 saturated heterocycles. The largest absolute Gasteiger partial charge is 0.492 e. The lowest BCUT2D eigenvalue weighted by Crippen LogP contribution is -2.46. The molecule has 1 aromatic rings. The van der Waals surface area contributed by atoms with Gasteiger partial charge in [0, 0.05) is 12.1 Å². The van der Waals surface area contributed by atoms with E-state index in [2.05, 4.69) is 6.92 Å². The summed E-state index contributed by atoms with van der Waals surface area (Å²) >= 11 is 0. The lowest BCUT2D eigenvalue weighted by Gasteiger charge is -2.40. The van der Waals surface area contributed by atoms with Crippen LogP contribution >= 0.6 is 0 Å². The molecule has 0 saturated carbocycles. The van der Waals surface area contributed by atoms with E-state index in [1.807, 2.05) is 24.3 Å². The maximum atomic E-state index is 5.87. The molecule has 1 aliphatic rings. The average molecular weight is 221 g/mol. The van der Waals surface area contributed by atoms with Crippen LogP contribution < -0.4 is 10.5 Å². The van der Waals surface area contributed by atoms with Crippen molar-refractivity contribution in [1.82, 2.24) is 0 Å². The van der Waals surface area contributed by atoms with Crippen LogP contribution in [-0.4, -0.2) is 19.8 Å². The Bertz CT molecular complexity index is 342. The predicted molar refractivity (Wildman–Crippen MR) is 63.4 cm³/mol. The maximum absolute atomic E-state index is 5.87. The minimum absolute atomic E-state index is 0.224. The standard InChI is InChI=1S/C13H19NO2/c1-2-13(8-15-9-13)10-16-12-6-4-3-5-11(12)7-14/h3-6H,2,7-10,14H2,1H3. The summed E-state index contributed by atoms with van der Waals surface area (Å²) in [6, 6.07) is 7.94. The molecule has 3 nitrogen and oxygen atoms in total.